The van der Waals surface area contributed by atoms with Gasteiger partial charge in [0.2, 0.25) is 5.13 Å². The van der Waals surface area contributed by atoms with E-state index in [1.165, 1.54) is 40.6 Å². The van der Waals surface area contributed by atoms with Gasteiger partial charge >= 0.3 is 0 Å². The molecule has 0 unspecified atom stereocenters. The van der Waals surface area contributed by atoms with Crippen LogP contribution in [0.1, 0.15) is 40.7 Å². The summed E-state index contributed by atoms with van der Waals surface area (Å²) in [6.45, 7) is 1.63. The Bertz CT molecular complexity index is 757. The molecule has 1 aromatic heterocycles. The number of ether oxygens (including phenoxy) is 1. The number of nitrogens with zero attached hydrogens (tertiary/aromatic N) is 2. The molecule has 1 aromatic carbocycles. The van der Waals surface area contributed by atoms with Crippen LogP contribution in [0.3, 0.4) is 0 Å². The van der Waals surface area contributed by atoms with E-state index >= 15 is 0 Å². The molecule has 1 aliphatic carbocycles. The maximum Gasteiger partial charge on any atom is 0.206 e. The molecule has 4 rings (SSSR count). The van der Waals surface area contributed by atoms with Gasteiger partial charge in [-0.05, 0) is 49.3 Å². The zero-order valence-corrected chi connectivity index (χ0v) is 15.6. The van der Waals surface area contributed by atoms with E-state index in [0.717, 1.165) is 53.9 Å². The van der Waals surface area contributed by atoms with Gasteiger partial charge in [0.1, 0.15) is 0 Å². The van der Waals surface area contributed by atoms with Crippen LogP contribution in [0, 0.1) is 0 Å². The van der Waals surface area contributed by atoms with E-state index < -0.39 is 0 Å². The number of hydrogen-bond acceptors (Lipinski definition) is 7. The van der Waals surface area contributed by atoms with E-state index in [0.29, 0.717) is 5.75 Å². The number of rotatable bonds is 7. The van der Waals surface area contributed by atoms with E-state index in [9.17, 15) is 4.79 Å². The third kappa shape index (κ3) is 4.22. The number of Topliss-reactive ketones (excluding diaryl/α,β-unsaturated/α-hetero) is 1. The molecule has 0 bridgehead atoms. The molecule has 2 aromatic rings. The normalized spacial score (nSPS) is 19.1. The summed E-state index contributed by atoms with van der Waals surface area (Å²) in [5, 5.41) is 12.4. The van der Waals surface area contributed by atoms with Crippen LogP contribution in [0.5, 0.6) is 0 Å². The topological polar surface area (TPSA) is 64.1 Å². The van der Waals surface area contributed by atoms with E-state index in [-0.39, 0.29) is 11.9 Å². The van der Waals surface area contributed by atoms with Gasteiger partial charge < -0.3 is 10.1 Å². The van der Waals surface area contributed by atoms with Gasteiger partial charge in [0.05, 0.1) is 11.9 Å². The SMILES string of the molecule is O=C(CSc1nnc(NC[C@H]2CCCO2)s1)c1ccc2c(c1)CCC2. The van der Waals surface area contributed by atoms with Gasteiger partial charge in [-0.3, -0.25) is 4.79 Å². The zero-order valence-electron chi connectivity index (χ0n) is 14.0. The second kappa shape index (κ2) is 7.85. The second-order valence-corrected chi connectivity index (χ2v) is 8.64. The Kier molecular flexibility index (Phi) is 5.33. The predicted octanol–water partition coefficient (Wildman–Crippen LogP) is 3.59. The zero-order chi connectivity index (χ0) is 17.1. The Morgan fingerprint density at radius 3 is 3.08 bits per heavy atom. The summed E-state index contributed by atoms with van der Waals surface area (Å²) < 4.78 is 6.41. The summed E-state index contributed by atoms with van der Waals surface area (Å²) in [4.78, 5) is 12.4. The molecule has 1 saturated heterocycles. The number of nitrogens with one attached hydrogen (secondary N) is 1. The molecule has 1 atom stereocenters. The minimum atomic E-state index is 0.156. The monoisotopic (exact) mass is 375 g/mol. The van der Waals surface area contributed by atoms with E-state index in [1.807, 2.05) is 6.07 Å². The van der Waals surface area contributed by atoms with Crippen molar-refractivity contribution < 1.29 is 9.53 Å². The molecule has 5 nitrogen and oxygen atoms in total. The average molecular weight is 376 g/mol. The number of benzene rings is 1. The molecule has 0 radical (unpaired) electrons. The second-order valence-electron chi connectivity index (χ2n) is 6.44. The highest BCUT2D eigenvalue weighted by Gasteiger charge is 2.17. The van der Waals surface area contributed by atoms with Gasteiger partial charge in [-0.15, -0.1) is 10.2 Å². The maximum atomic E-state index is 12.4. The first-order chi connectivity index (χ1) is 12.3. The highest BCUT2D eigenvalue weighted by Crippen LogP contribution is 2.28. The molecule has 1 aliphatic heterocycles. The largest absolute Gasteiger partial charge is 0.376 e. The van der Waals surface area contributed by atoms with Crippen molar-refractivity contribution >= 4 is 34.0 Å². The summed E-state index contributed by atoms with van der Waals surface area (Å²) in [5.41, 5.74) is 3.55. The Balaban J connectivity index is 1.28. The number of carbonyl (C=O) groups is 1. The Labute approximate surface area is 155 Å². The summed E-state index contributed by atoms with van der Waals surface area (Å²) in [5.74, 6) is 0.558. The van der Waals surface area contributed by atoms with E-state index in [2.05, 4.69) is 27.6 Å². The summed E-state index contributed by atoms with van der Waals surface area (Å²) in [6, 6.07) is 6.14. The lowest BCUT2D eigenvalue weighted by molar-refractivity contribution is 0.102. The molecule has 0 spiro atoms. The Hall–Kier alpha value is -1.44. The van der Waals surface area contributed by atoms with Crippen LogP contribution in [-0.2, 0) is 17.6 Å². The van der Waals surface area contributed by atoms with Crippen molar-refractivity contribution in [2.24, 2.45) is 0 Å². The molecule has 25 heavy (non-hydrogen) atoms. The molecular formula is C18H21N3O2S2. The number of fused-ring (bicyclic) bond motifs is 1. The first-order valence-electron chi connectivity index (χ1n) is 8.75. The van der Waals surface area contributed by atoms with Gasteiger partial charge in [0.15, 0.2) is 10.1 Å². The van der Waals surface area contributed by atoms with Crippen LogP contribution < -0.4 is 5.32 Å². The van der Waals surface area contributed by atoms with Gasteiger partial charge in [-0.25, -0.2) is 0 Å². The highest BCUT2D eigenvalue weighted by molar-refractivity contribution is 8.01. The summed E-state index contributed by atoms with van der Waals surface area (Å²) >= 11 is 2.96. The van der Waals surface area contributed by atoms with Crippen LogP contribution in [0.2, 0.25) is 0 Å². The summed E-state index contributed by atoms with van der Waals surface area (Å²) in [6.07, 6.45) is 5.96. The van der Waals surface area contributed by atoms with Crippen LogP contribution in [0.15, 0.2) is 22.5 Å². The molecule has 0 amide bonds. The number of aryl methyl sites for hydroxylation is 2. The van der Waals surface area contributed by atoms with Gasteiger partial charge in [0.25, 0.3) is 0 Å². The molecule has 132 valence electrons. The number of thioether (sulfide) groups is 1. The maximum absolute atomic E-state index is 12.4. The van der Waals surface area contributed by atoms with E-state index in [1.54, 1.807) is 0 Å². The van der Waals surface area contributed by atoms with Gasteiger partial charge in [0, 0.05) is 18.7 Å². The Morgan fingerprint density at radius 1 is 1.28 bits per heavy atom. The fourth-order valence-electron chi connectivity index (χ4n) is 3.30. The minimum absolute atomic E-state index is 0.156. The molecule has 7 heteroatoms. The fourth-order valence-corrected chi connectivity index (χ4v) is 4.96. The minimum Gasteiger partial charge on any atom is -0.376 e. The number of carbonyl (C=O) groups excluding carboxylic acids is 1. The number of hydrogen-bond donors (Lipinski definition) is 1. The number of ketones is 1. The smallest absolute Gasteiger partial charge is 0.206 e. The van der Waals surface area contributed by atoms with Crippen LogP contribution >= 0.6 is 23.1 Å². The number of aromatic nitrogens is 2. The standard InChI is InChI=1S/C18H21N3O2S2/c22-16(14-7-6-12-3-1-4-13(12)9-14)11-24-18-21-20-17(25-18)19-10-15-5-2-8-23-15/h6-7,9,15H,1-5,8,10-11H2,(H,19,20)/t15-/m1/s1. The van der Waals surface area contributed by atoms with Crippen molar-refractivity contribution in [2.45, 2.75) is 42.5 Å². The lowest BCUT2D eigenvalue weighted by atomic mass is 10.0. The van der Waals surface area contributed by atoms with Gasteiger partial charge in [-0.1, -0.05) is 35.2 Å². The van der Waals surface area contributed by atoms with Crippen molar-refractivity contribution in [2.75, 3.05) is 24.2 Å². The number of anilines is 1. The van der Waals surface area contributed by atoms with Crippen LogP contribution in [0.4, 0.5) is 5.13 Å². The third-order valence-electron chi connectivity index (χ3n) is 4.66. The average Bonchev–Trinajstić information content (AvgIpc) is 3.38. The Morgan fingerprint density at radius 2 is 2.20 bits per heavy atom. The summed E-state index contributed by atoms with van der Waals surface area (Å²) in [7, 11) is 0. The lowest BCUT2D eigenvalue weighted by Crippen LogP contribution is -2.18. The van der Waals surface area contributed by atoms with Crippen molar-refractivity contribution in [1.82, 2.24) is 10.2 Å². The molecular weight excluding hydrogens is 354 g/mol. The lowest BCUT2D eigenvalue weighted by Gasteiger charge is -2.08. The van der Waals surface area contributed by atoms with E-state index in [4.69, 9.17) is 4.74 Å². The third-order valence-corrected chi connectivity index (χ3v) is 6.67. The highest BCUT2D eigenvalue weighted by atomic mass is 32.2. The molecule has 2 heterocycles. The van der Waals surface area contributed by atoms with Gasteiger partial charge in [-0.2, -0.15) is 0 Å². The van der Waals surface area contributed by atoms with Crippen molar-refractivity contribution in [3.05, 3.63) is 34.9 Å². The van der Waals surface area contributed by atoms with Crippen molar-refractivity contribution in [1.29, 1.82) is 0 Å². The predicted molar refractivity (Wildman–Crippen MR) is 101 cm³/mol. The quantitative estimate of drug-likeness (QED) is 0.589. The fraction of sp³-hybridized carbons (Fsp3) is 0.500. The molecule has 1 N–H and O–H groups in total. The molecule has 2 aliphatic rings. The van der Waals surface area contributed by atoms with Crippen molar-refractivity contribution in [3.8, 4) is 0 Å². The molecule has 0 saturated carbocycles. The first kappa shape index (κ1) is 17.0. The first-order valence-corrected chi connectivity index (χ1v) is 10.5. The molecule has 1 fully saturated rings. The van der Waals surface area contributed by atoms with Crippen LogP contribution in [0.25, 0.3) is 0 Å². The van der Waals surface area contributed by atoms with Crippen LogP contribution in [-0.4, -0.2) is 41.0 Å². The van der Waals surface area contributed by atoms with Crippen molar-refractivity contribution in [3.63, 3.8) is 0 Å².